The van der Waals surface area contributed by atoms with Crippen LogP contribution in [0.1, 0.15) is 15.9 Å². The van der Waals surface area contributed by atoms with Crippen molar-refractivity contribution in [1.82, 2.24) is 5.10 Å². The highest BCUT2D eigenvalue weighted by atomic mass is 19.4. The van der Waals surface area contributed by atoms with Gasteiger partial charge in [-0.15, -0.1) is 18.3 Å². The Morgan fingerprint density at radius 1 is 1.03 bits per heavy atom. The zero-order chi connectivity index (χ0) is 25.3. The molecule has 34 heavy (non-hydrogen) atoms. The van der Waals surface area contributed by atoms with Crippen LogP contribution < -0.4 is 25.1 Å². The molecule has 0 aliphatic heterocycles. The molecule has 0 saturated heterocycles. The molecule has 0 bridgehead atoms. The molecular formula is C19H12F7N4O4+. The number of hydrogen-bond acceptors (Lipinski definition) is 5. The molecule has 1 aromatic heterocycles. The van der Waals surface area contributed by atoms with Crippen LogP contribution in [0.3, 0.4) is 0 Å². The summed E-state index contributed by atoms with van der Waals surface area (Å²) in [5, 5.41) is 4.22. The highest BCUT2D eigenvalue weighted by Crippen LogP contribution is 2.39. The highest BCUT2D eigenvalue weighted by molar-refractivity contribution is 6.06. The summed E-state index contributed by atoms with van der Waals surface area (Å²) in [5.41, 5.74) is 2.10. The zero-order valence-electron chi connectivity index (χ0n) is 16.4. The van der Waals surface area contributed by atoms with E-state index >= 15 is 0 Å². The fraction of sp³-hybridized carbons (Fsp3) is 0.105. The molecule has 0 atom stereocenters. The van der Waals surface area contributed by atoms with Crippen molar-refractivity contribution < 1.29 is 49.5 Å². The molecule has 0 saturated carbocycles. The summed E-state index contributed by atoms with van der Waals surface area (Å²) in [4.78, 5) is 23.7. The monoisotopic (exact) mass is 493 g/mol. The van der Waals surface area contributed by atoms with Crippen molar-refractivity contribution in [2.24, 2.45) is 0 Å². The van der Waals surface area contributed by atoms with Crippen LogP contribution in [-0.2, 0) is 6.18 Å². The second-order valence-corrected chi connectivity index (χ2v) is 6.47. The van der Waals surface area contributed by atoms with Crippen LogP contribution >= 0.6 is 0 Å². The van der Waals surface area contributed by atoms with E-state index in [1.807, 2.05) is 0 Å². The average Bonchev–Trinajstić information content (AvgIpc) is 2.69. The normalized spacial score (nSPS) is 11.7. The van der Waals surface area contributed by atoms with Crippen molar-refractivity contribution in [3.63, 3.8) is 0 Å². The average molecular weight is 493 g/mol. The number of hydrogen-bond donors (Lipinski definition) is 3. The molecule has 2 aromatic carbocycles. The van der Waals surface area contributed by atoms with Gasteiger partial charge in [-0.25, -0.2) is 4.39 Å². The Labute approximate surface area is 184 Å². The standard InChI is InChI=1S/C19H11F7N4O4/c20-16-11(18(21,22)23)2-4-14(15(16)17(31)29-9-5-6-30(32)28-8-9)33-13-3-1-10(7-12(13)27)34-19(24,25)26/h1-8H,27H2,(H-,28,29,31,32)/p+1. The number of anilines is 2. The molecule has 1 amide bonds. The third-order valence-corrected chi connectivity index (χ3v) is 4.07. The molecule has 4 N–H and O–H groups in total. The zero-order valence-corrected chi connectivity index (χ0v) is 16.4. The van der Waals surface area contributed by atoms with Crippen molar-refractivity contribution in [3.05, 3.63) is 70.6 Å². The van der Waals surface area contributed by atoms with Gasteiger partial charge in [0.2, 0.25) is 0 Å². The van der Waals surface area contributed by atoms with E-state index in [0.29, 0.717) is 18.2 Å². The van der Waals surface area contributed by atoms with Crippen molar-refractivity contribution in [2.45, 2.75) is 12.5 Å². The number of carbonyl (C=O) groups is 1. The fourth-order valence-electron chi connectivity index (χ4n) is 2.65. The first-order chi connectivity index (χ1) is 15.7. The SMILES string of the molecule is Nc1cc(OC(F)(F)F)ccc1Oc1ccc(C(F)(F)F)c(F)c1C(=O)Nc1cc[n+](=O)[nH]c1. The number of nitrogen functional groups attached to an aromatic ring is 1. The molecule has 0 radical (unpaired) electrons. The minimum Gasteiger partial charge on any atom is -0.454 e. The van der Waals surface area contributed by atoms with Gasteiger partial charge in [0.1, 0.15) is 17.1 Å². The summed E-state index contributed by atoms with van der Waals surface area (Å²) >= 11 is 0. The largest absolute Gasteiger partial charge is 0.573 e. The van der Waals surface area contributed by atoms with Crippen molar-refractivity contribution in [2.75, 3.05) is 11.1 Å². The van der Waals surface area contributed by atoms with Crippen LogP contribution in [0.2, 0.25) is 0 Å². The molecular weight excluding hydrogens is 481 g/mol. The van der Waals surface area contributed by atoms with Crippen LogP contribution in [0.15, 0.2) is 48.8 Å². The molecule has 0 aliphatic rings. The molecule has 0 aliphatic carbocycles. The van der Waals surface area contributed by atoms with Crippen LogP contribution in [0, 0.1) is 10.7 Å². The molecule has 8 nitrogen and oxygen atoms in total. The van der Waals surface area contributed by atoms with E-state index in [2.05, 4.69) is 15.2 Å². The van der Waals surface area contributed by atoms with Gasteiger partial charge in [0.25, 0.3) is 12.1 Å². The van der Waals surface area contributed by atoms with Crippen LogP contribution in [0.5, 0.6) is 17.2 Å². The maximum absolute atomic E-state index is 14.8. The van der Waals surface area contributed by atoms with Gasteiger partial charge in [0.15, 0.2) is 16.1 Å². The number of alkyl halides is 6. The highest BCUT2D eigenvalue weighted by Gasteiger charge is 2.37. The van der Waals surface area contributed by atoms with E-state index in [1.54, 1.807) is 0 Å². The smallest absolute Gasteiger partial charge is 0.454 e. The number of nitrogens with zero attached hydrogens (tertiary/aromatic N) is 1. The molecule has 0 spiro atoms. The predicted octanol–water partition coefficient (Wildman–Crippen LogP) is 4.61. The summed E-state index contributed by atoms with van der Waals surface area (Å²) in [6.45, 7) is 0. The quantitative estimate of drug-likeness (QED) is 0.273. The topological polar surface area (TPSA) is 112 Å². The van der Waals surface area contributed by atoms with Crippen molar-refractivity contribution in [1.29, 1.82) is 0 Å². The van der Waals surface area contributed by atoms with Gasteiger partial charge in [-0.3, -0.25) is 4.79 Å². The third kappa shape index (κ3) is 5.73. The van der Waals surface area contributed by atoms with Crippen LogP contribution in [0.4, 0.5) is 42.1 Å². The van der Waals surface area contributed by atoms with E-state index < -0.39 is 58.3 Å². The van der Waals surface area contributed by atoms with Gasteiger partial charge < -0.3 is 20.5 Å². The van der Waals surface area contributed by atoms with E-state index in [1.165, 1.54) is 0 Å². The predicted molar refractivity (Wildman–Crippen MR) is 101 cm³/mol. The van der Waals surface area contributed by atoms with Gasteiger partial charge in [0, 0.05) is 12.1 Å². The number of ether oxygens (including phenoxy) is 2. The maximum Gasteiger partial charge on any atom is 0.573 e. The number of halogens is 7. The molecule has 180 valence electrons. The molecule has 0 unspecified atom stereocenters. The van der Waals surface area contributed by atoms with Gasteiger partial charge >= 0.3 is 12.5 Å². The van der Waals surface area contributed by atoms with E-state index in [4.69, 9.17) is 10.5 Å². The number of nitrogens with two attached hydrogens (primary N) is 1. The summed E-state index contributed by atoms with van der Waals surface area (Å²) in [6, 6.07) is 4.41. The van der Waals surface area contributed by atoms with E-state index in [9.17, 15) is 40.4 Å². The first kappa shape index (κ1) is 24.3. The summed E-state index contributed by atoms with van der Waals surface area (Å²) < 4.78 is 101. The molecule has 0 fully saturated rings. The Morgan fingerprint density at radius 3 is 2.26 bits per heavy atom. The first-order valence-corrected chi connectivity index (χ1v) is 8.89. The first-order valence-electron chi connectivity index (χ1n) is 8.89. The van der Waals surface area contributed by atoms with Gasteiger partial charge in [-0.2, -0.15) is 13.2 Å². The summed E-state index contributed by atoms with van der Waals surface area (Å²) in [5.74, 6) is -5.20. The second-order valence-electron chi connectivity index (χ2n) is 6.47. The number of nitrogens with one attached hydrogen (secondary N) is 2. The van der Waals surface area contributed by atoms with Crippen molar-refractivity contribution in [3.8, 4) is 17.2 Å². The lowest BCUT2D eigenvalue weighted by molar-refractivity contribution is -0.564. The molecule has 3 rings (SSSR count). The molecule has 15 heteroatoms. The van der Waals surface area contributed by atoms with E-state index in [0.717, 1.165) is 30.6 Å². The summed E-state index contributed by atoms with van der Waals surface area (Å²) in [6.07, 6.45) is -8.28. The second kappa shape index (κ2) is 8.92. The van der Waals surface area contributed by atoms with Gasteiger partial charge in [0.05, 0.1) is 28.0 Å². The number of carbonyl (C=O) groups excluding carboxylic acids is 1. The lowest BCUT2D eigenvalue weighted by Gasteiger charge is -2.17. The number of amides is 1. The Kier molecular flexibility index (Phi) is 6.38. The lowest BCUT2D eigenvalue weighted by Crippen LogP contribution is -2.21. The third-order valence-electron chi connectivity index (χ3n) is 4.07. The molecule has 1 heterocycles. The van der Waals surface area contributed by atoms with Gasteiger partial charge in [-0.1, -0.05) is 0 Å². The van der Waals surface area contributed by atoms with Crippen LogP contribution in [-0.4, -0.2) is 17.4 Å². The maximum atomic E-state index is 14.8. The van der Waals surface area contributed by atoms with Crippen molar-refractivity contribution >= 4 is 17.3 Å². The number of aromatic amines is 1. The fourth-order valence-corrected chi connectivity index (χ4v) is 2.65. The minimum atomic E-state index is -5.16. The number of benzene rings is 2. The Morgan fingerprint density at radius 2 is 1.71 bits per heavy atom. The Hall–Kier alpha value is -4.30. The van der Waals surface area contributed by atoms with E-state index in [-0.39, 0.29) is 10.2 Å². The number of aromatic nitrogens is 2. The van der Waals surface area contributed by atoms with Crippen LogP contribution in [0.25, 0.3) is 0 Å². The summed E-state index contributed by atoms with van der Waals surface area (Å²) in [7, 11) is 0. The Bertz CT molecular complexity index is 1270. The minimum absolute atomic E-state index is 0.104. The van der Waals surface area contributed by atoms with Gasteiger partial charge in [-0.05, 0) is 24.3 Å². The molecule has 3 aromatic rings. The Balaban J connectivity index is 2.01. The number of rotatable bonds is 5. The number of H-pyrrole nitrogens is 1. The lowest BCUT2D eigenvalue weighted by atomic mass is 10.1.